The lowest BCUT2D eigenvalue weighted by atomic mass is 10.0. The van der Waals surface area contributed by atoms with Crippen LogP contribution in [0.25, 0.3) is 0 Å². The monoisotopic (exact) mass is 854 g/mol. The number of quaternary nitrogens is 1. The predicted octanol–water partition coefficient (Wildman–Crippen LogP) is 14.3. The highest BCUT2D eigenvalue weighted by molar-refractivity contribution is 7.47. The maximum Gasteiger partial charge on any atom is 0.472 e. The third kappa shape index (κ3) is 44.6. The van der Waals surface area contributed by atoms with Gasteiger partial charge in [0.2, 0.25) is 5.91 Å². The number of aliphatic hydroxyl groups excluding tert-OH is 1. The highest BCUT2D eigenvalue weighted by Gasteiger charge is 2.27. The lowest BCUT2D eigenvalue weighted by molar-refractivity contribution is -0.870. The Balaban J connectivity index is 4.32. The summed E-state index contributed by atoms with van der Waals surface area (Å²) in [4.78, 5) is 23.2. The van der Waals surface area contributed by atoms with Gasteiger partial charge in [0.05, 0.1) is 39.9 Å². The Morgan fingerprint density at radius 3 is 1.39 bits per heavy atom. The number of carbonyl (C=O) groups excluding carboxylic acids is 1. The van der Waals surface area contributed by atoms with Crippen molar-refractivity contribution >= 4 is 13.7 Å². The molecule has 1 amide bonds. The summed E-state index contributed by atoms with van der Waals surface area (Å²) >= 11 is 0. The molecule has 0 bridgehead atoms. The van der Waals surface area contributed by atoms with Crippen molar-refractivity contribution in [3.8, 4) is 0 Å². The van der Waals surface area contributed by atoms with Crippen molar-refractivity contribution < 1.29 is 32.9 Å². The minimum Gasteiger partial charge on any atom is -0.387 e. The molecule has 0 aliphatic heterocycles. The number of phosphoric ester groups is 1. The summed E-state index contributed by atoms with van der Waals surface area (Å²) in [7, 11) is 1.57. The van der Waals surface area contributed by atoms with Crippen molar-refractivity contribution in [3.05, 3.63) is 36.5 Å². The van der Waals surface area contributed by atoms with Gasteiger partial charge in [-0.3, -0.25) is 13.8 Å². The van der Waals surface area contributed by atoms with Crippen LogP contribution in [0.5, 0.6) is 0 Å². The van der Waals surface area contributed by atoms with E-state index in [1.807, 2.05) is 27.2 Å². The molecule has 8 nitrogen and oxygen atoms in total. The number of phosphoric acid groups is 1. The Hall–Kier alpha value is -1.28. The van der Waals surface area contributed by atoms with Crippen molar-refractivity contribution in [2.75, 3.05) is 40.9 Å². The van der Waals surface area contributed by atoms with E-state index < -0.39 is 20.0 Å². The fourth-order valence-corrected chi connectivity index (χ4v) is 7.89. The van der Waals surface area contributed by atoms with Gasteiger partial charge in [-0.25, -0.2) is 4.57 Å². The third-order valence-corrected chi connectivity index (χ3v) is 12.1. The van der Waals surface area contributed by atoms with E-state index in [-0.39, 0.29) is 19.1 Å². The van der Waals surface area contributed by atoms with Crippen molar-refractivity contribution in [1.29, 1.82) is 0 Å². The van der Waals surface area contributed by atoms with Gasteiger partial charge in [0.25, 0.3) is 0 Å². The fraction of sp³-hybridized carbons (Fsp3) is 0.860. The molecular formula is C50H98N2O6P+. The molecule has 9 heteroatoms. The van der Waals surface area contributed by atoms with Crippen LogP contribution in [0.1, 0.15) is 226 Å². The molecule has 0 aromatic heterocycles. The molecule has 3 unspecified atom stereocenters. The average Bonchev–Trinajstić information content (AvgIpc) is 3.19. The molecule has 0 aromatic carbocycles. The van der Waals surface area contributed by atoms with Gasteiger partial charge in [-0.2, -0.15) is 0 Å². The van der Waals surface area contributed by atoms with E-state index in [0.29, 0.717) is 17.4 Å². The van der Waals surface area contributed by atoms with E-state index >= 15 is 0 Å². The number of allylic oxidation sites excluding steroid dienone is 5. The van der Waals surface area contributed by atoms with Crippen LogP contribution in [-0.4, -0.2) is 73.4 Å². The largest absolute Gasteiger partial charge is 0.472 e. The first-order valence-corrected chi connectivity index (χ1v) is 26.4. The summed E-state index contributed by atoms with van der Waals surface area (Å²) in [6, 6.07) is -0.852. The van der Waals surface area contributed by atoms with E-state index in [4.69, 9.17) is 9.05 Å². The number of aliphatic hydroxyl groups is 1. The molecule has 3 N–H and O–H groups in total. The maximum absolute atomic E-state index is 12.9. The standard InChI is InChI=1S/C50H97N2O6P/c1-6-8-10-12-14-16-18-20-22-23-24-25-26-27-28-30-31-33-35-37-39-41-43-49(53)48(47-58-59(55,56)57-46-45-52(3,4)5)51-50(54)44-42-40-38-36-34-32-29-21-19-17-15-13-11-9-7-2/h15,17,19,21,41,43,48-49,53H,6-14,16,18,20,22-40,42,44-47H2,1-5H3,(H-,51,54,55,56)/p+1/b17-15-,21-19-,43-41+. The molecule has 3 atom stereocenters. The van der Waals surface area contributed by atoms with Gasteiger partial charge >= 0.3 is 7.82 Å². The first-order valence-electron chi connectivity index (χ1n) is 24.9. The molecule has 0 rings (SSSR count). The molecule has 0 aliphatic rings. The Morgan fingerprint density at radius 1 is 0.576 bits per heavy atom. The van der Waals surface area contributed by atoms with Crippen LogP contribution in [0, 0.1) is 0 Å². The molecule has 0 saturated carbocycles. The summed E-state index contributed by atoms with van der Waals surface area (Å²) in [6.45, 7) is 4.79. The van der Waals surface area contributed by atoms with Gasteiger partial charge in [-0.05, 0) is 44.9 Å². The van der Waals surface area contributed by atoms with E-state index in [9.17, 15) is 19.4 Å². The minimum atomic E-state index is -4.34. The van der Waals surface area contributed by atoms with Crippen molar-refractivity contribution in [2.24, 2.45) is 0 Å². The number of hydrogen-bond donors (Lipinski definition) is 3. The van der Waals surface area contributed by atoms with Crippen LogP contribution in [0.2, 0.25) is 0 Å². The zero-order valence-electron chi connectivity index (χ0n) is 39.5. The van der Waals surface area contributed by atoms with Crippen molar-refractivity contribution in [1.82, 2.24) is 5.32 Å². The molecule has 0 fully saturated rings. The topological polar surface area (TPSA) is 105 Å². The Bertz CT molecular complexity index is 1060. The maximum atomic E-state index is 12.9. The number of likely N-dealkylation sites (N-methyl/N-ethyl adjacent to an activating group) is 1. The Labute approximate surface area is 366 Å². The summed E-state index contributed by atoms with van der Waals surface area (Å²) in [5, 5.41) is 13.9. The van der Waals surface area contributed by atoms with E-state index in [1.54, 1.807) is 6.08 Å². The molecule has 59 heavy (non-hydrogen) atoms. The van der Waals surface area contributed by atoms with Crippen LogP contribution in [0.4, 0.5) is 0 Å². The highest BCUT2D eigenvalue weighted by Crippen LogP contribution is 2.43. The molecule has 348 valence electrons. The van der Waals surface area contributed by atoms with Gasteiger partial charge in [0.1, 0.15) is 13.2 Å². The first kappa shape index (κ1) is 57.7. The number of rotatable bonds is 45. The van der Waals surface area contributed by atoms with Crippen molar-refractivity contribution in [3.63, 3.8) is 0 Å². The minimum absolute atomic E-state index is 0.0590. The molecule has 0 spiro atoms. The van der Waals surface area contributed by atoms with E-state index in [0.717, 1.165) is 51.4 Å². The van der Waals surface area contributed by atoms with Crippen LogP contribution < -0.4 is 5.32 Å². The molecule has 0 heterocycles. The van der Waals surface area contributed by atoms with Crippen LogP contribution in [0.3, 0.4) is 0 Å². The zero-order valence-corrected chi connectivity index (χ0v) is 40.4. The second kappa shape index (κ2) is 42.0. The second-order valence-corrected chi connectivity index (χ2v) is 19.7. The lowest BCUT2D eigenvalue weighted by Gasteiger charge is -2.25. The average molecular weight is 854 g/mol. The third-order valence-electron chi connectivity index (χ3n) is 11.1. The van der Waals surface area contributed by atoms with Gasteiger partial charge in [0.15, 0.2) is 0 Å². The summed E-state index contributed by atoms with van der Waals surface area (Å²) in [6.07, 6.45) is 52.2. The van der Waals surface area contributed by atoms with E-state index in [1.165, 1.54) is 154 Å². The smallest absolute Gasteiger partial charge is 0.387 e. The van der Waals surface area contributed by atoms with Crippen LogP contribution in [-0.2, 0) is 18.4 Å². The van der Waals surface area contributed by atoms with E-state index in [2.05, 4.69) is 43.5 Å². The number of hydrogen-bond acceptors (Lipinski definition) is 5. The van der Waals surface area contributed by atoms with Gasteiger partial charge < -0.3 is 19.8 Å². The van der Waals surface area contributed by atoms with Crippen LogP contribution in [0.15, 0.2) is 36.5 Å². The van der Waals surface area contributed by atoms with Crippen LogP contribution >= 0.6 is 7.82 Å². The highest BCUT2D eigenvalue weighted by atomic mass is 31.2. The molecule has 0 saturated heterocycles. The number of unbranched alkanes of at least 4 members (excludes halogenated alkanes) is 29. The SMILES string of the molecule is CCCCC/C=C\C=C/CCCCCCCCC(=O)NC(COP(=O)(O)OCC[N+](C)(C)C)C(O)/C=C/CCCCCCCCCCCCCCCCCCCCCC. The Morgan fingerprint density at radius 2 is 0.949 bits per heavy atom. The van der Waals surface area contributed by atoms with Crippen molar-refractivity contribution in [2.45, 2.75) is 238 Å². The molecule has 0 radical (unpaired) electrons. The summed E-state index contributed by atoms with van der Waals surface area (Å²) in [5.74, 6) is -0.188. The molecular weight excluding hydrogens is 756 g/mol. The second-order valence-electron chi connectivity index (χ2n) is 18.2. The predicted molar refractivity (Wildman–Crippen MR) is 254 cm³/mol. The summed E-state index contributed by atoms with van der Waals surface area (Å²) in [5.41, 5.74) is 0. The van der Waals surface area contributed by atoms with Gasteiger partial charge in [-0.15, -0.1) is 0 Å². The van der Waals surface area contributed by atoms with Gasteiger partial charge in [0, 0.05) is 6.42 Å². The number of nitrogens with one attached hydrogen (secondary N) is 1. The van der Waals surface area contributed by atoms with Gasteiger partial charge in [-0.1, -0.05) is 211 Å². The molecule has 0 aliphatic carbocycles. The Kier molecular flexibility index (Phi) is 41.1. The first-order chi connectivity index (χ1) is 28.5. The normalized spacial score (nSPS) is 14.5. The number of carbonyl (C=O) groups is 1. The lowest BCUT2D eigenvalue weighted by Crippen LogP contribution is -2.45. The molecule has 0 aromatic rings. The number of amides is 1. The quantitative estimate of drug-likeness (QED) is 0.0185. The zero-order chi connectivity index (χ0) is 43.6. The summed E-state index contributed by atoms with van der Waals surface area (Å²) < 4.78 is 23.6. The number of nitrogens with zero attached hydrogens (tertiary/aromatic N) is 1. The fourth-order valence-electron chi connectivity index (χ4n) is 7.15.